The van der Waals surface area contributed by atoms with E-state index in [0.717, 1.165) is 4.90 Å². The van der Waals surface area contributed by atoms with Gasteiger partial charge in [0.1, 0.15) is 4.99 Å². The van der Waals surface area contributed by atoms with E-state index in [1.54, 1.807) is 24.3 Å². The van der Waals surface area contributed by atoms with E-state index in [0.29, 0.717) is 11.1 Å². The zero-order chi connectivity index (χ0) is 14.2. The Morgan fingerprint density at radius 2 is 1.95 bits per heavy atom. The molecular weight excluding hydrogens is 279 g/mol. The van der Waals surface area contributed by atoms with Gasteiger partial charge in [0.25, 0.3) is 6.23 Å². The van der Waals surface area contributed by atoms with Crippen LogP contribution in [0.5, 0.6) is 0 Å². The van der Waals surface area contributed by atoms with Crippen molar-refractivity contribution in [2.75, 3.05) is 7.05 Å². The minimum Gasteiger partial charge on any atom is -0.389 e. The molecule has 0 aliphatic carbocycles. The van der Waals surface area contributed by atoms with Crippen molar-refractivity contribution in [1.29, 1.82) is 0 Å². The molecule has 8 heteroatoms. The third-order valence-corrected chi connectivity index (χ3v) is 2.87. The van der Waals surface area contributed by atoms with Crippen LogP contribution in [0.4, 0.5) is 13.2 Å². The van der Waals surface area contributed by atoms with E-state index in [2.05, 4.69) is 9.99 Å². The van der Waals surface area contributed by atoms with Crippen molar-refractivity contribution in [3.05, 3.63) is 35.4 Å². The van der Waals surface area contributed by atoms with Crippen molar-refractivity contribution in [2.45, 2.75) is 12.4 Å². The van der Waals surface area contributed by atoms with Crippen molar-refractivity contribution < 1.29 is 18.0 Å². The number of oxime groups is 1. The first kappa shape index (κ1) is 13.6. The lowest BCUT2D eigenvalue weighted by atomic mass is 10.1. The molecule has 1 unspecified atom stereocenters. The highest BCUT2D eigenvalue weighted by Crippen LogP contribution is 2.30. The molecule has 1 heterocycles. The molecule has 2 rings (SSSR count). The molecule has 0 amide bonds. The minimum atomic E-state index is -4.50. The number of nitrogens with two attached hydrogens (primary N) is 1. The fourth-order valence-corrected chi connectivity index (χ4v) is 1.80. The average Bonchev–Trinajstić information content (AvgIpc) is 2.71. The van der Waals surface area contributed by atoms with Crippen molar-refractivity contribution in [3.63, 3.8) is 0 Å². The molecule has 0 aromatic heterocycles. The van der Waals surface area contributed by atoms with E-state index in [-0.39, 0.29) is 10.8 Å². The fraction of sp³-hybridized carbons (Fsp3) is 0.273. The summed E-state index contributed by atoms with van der Waals surface area (Å²) < 4.78 is 37.8. The van der Waals surface area contributed by atoms with Gasteiger partial charge in [-0.2, -0.15) is 13.2 Å². The smallest absolute Gasteiger partial charge is 0.389 e. The second-order valence-electron chi connectivity index (χ2n) is 3.97. The summed E-state index contributed by atoms with van der Waals surface area (Å²) in [6, 6.07) is 6.42. The summed E-state index contributed by atoms with van der Waals surface area (Å²) >= 11 is 4.79. The Morgan fingerprint density at radius 3 is 2.37 bits per heavy atom. The molecule has 0 spiro atoms. The third kappa shape index (κ3) is 2.62. The highest BCUT2D eigenvalue weighted by molar-refractivity contribution is 7.80. The Hall–Kier alpha value is -1.83. The molecule has 19 heavy (non-hydrogen) atoms. The highest BCUT2D eigenvalue weighted by atomic mass is 32.1. The number of alkyl halides is 3. The van der Waals surface area contributed by atoms with Crippen LogP contribution in [0.15, 0.2) is 29.4 Å². The summed E-state index contributed by atoms with van der Waals surface area (Å²) in [5.74, 6) is 0.108. The summed E-state index contributed by atoms with van der Waals surface area (Å²) in [5, 5.41) is 3.47. The quantitative estimate of drug-likeness (QED) is 0.844. The molecule has 1 atom stereocenters. The van der Waals surface area contributed by atoms with Crippen molar-refractivity contribution in [2.24, 2.45) is 10.9 Å². The van der Waals surface area contributed by atoms with Crippen LogP contribution in [0.1, 0.15) is 11.1 Å². The summed E-state index contributed by atoms with van der Waals surface area (Å²) in [6.45, 7) is 0. The van der Waals surface area contributed by atoms with Gasteiger partial charge in [0.05, 0.1) is 0 Å². The van der Waals surface area contributed by atoms with Crippen LogP contribution in [0.25, 0.3) is 0 Å². The largest absolute Gasteiger partial charge is 0.448 e. The Kier molecular flexibility index (Phi) is 3.36. The van der Waals surface area contributed by atoms with Gasteiger partial charge in [-0.15, -0.1) is 0 Å². The number of halogens is 3. The maximum Gasteiger partial charge on any atom is 0.448 e. The van der Waals surface area contributed by atoms with E-state index in [1.807, 2.05) is 0 Å². The summed E-state index contributed by atoms with van der Waals surface area (Å²) in [6.07, 6.45) is -6.56. The predicted molar refractivity (Wildman–Crippen MR) is 67.6 cm³/mol. The van der Waals surface area contributed by atoms with Crippen molar-refractivity contribution in [3.8, 4) is 0 Å². The molecule has 0 saturated heterocycles. The van der Waals surface area contributed by atoms with Gasteiger partial charge in [0, 0.05) is 18.2 Å². The molecule has 2 N–H and O–H groups in total. The molecule has 0 saturated carbocycles. The lowest BCUT2D eigenvalue weighted by Crippen LogP contribution is -2.43. The number of benzene rings is 1. The van der Waals surface area contributed by atoms with Crippen molar-refractivity contribution >= 4 is 23.0 Å². The minimum absolute atomic E-state index is 0.108. The fourth-order valence-electron chi connectivity index (χ4n) is 1.67. The maximum atomic E-state index is 12.6. The van der Waals surface area contributed by atoms with Crippen LogP contribution in [-0.4, -0.2) is 35.2 Å². The van der Waals surface area contributed by atoms with Gasteiger partial charge in [0.15, 0.2) is 5.84 Å². The normalized spacial score (nSPS) is 19.1. The monoisotopic (exact) mass is 289 g/mol. The summed E-state index contributed by atoms with van der Waals surface area (Å²) in [7, 11) is 1.27. The van der Waals surface area contributed by atoms with E-state index in [9.17, 15) is 13.2 Å². The molecule has 1 aliphatic rings. The topological polar surface area (TPSA) is 50.8 Å². The zero-order valence-corrected chi connectivity index (χ0v) is 10.6. The van der Waals surface area contributed by atoms with E-state index >= 15 is 0 Å². The van der Waals surface area contributed by atoms with Gasteiger partial charge >= 0.3 is 6.18 Å². The predicted octanol–water partition coefficient (Wildman–Crippen LogP) is 1.83. The molecule has 4 nitrogen and oxygen atoms in total. The second-order valence-corrected chi connectivity index (χ2v) is 4.41. The Morgan fingerprint density at radius 1 is 1.37 bits per heavy atom. The van der Waals surface area contributed by atoms with Gasteiger partial charge in [-0.1, -0.05) is 41.6 Å². The first-order valence-electron chi connectivity index (χ1n) is 5.24. The van der Waals surface area contributed by atoms with Gasteiger partial charge in [-0.25, -0.2) is 0 Å². The first-order chi connectivity index (χ1) is 8.80. The number of nitrogens with zero attached hydrogens (tertiary/aromatic N) is 2. The summed E-state index contributed by atoms with van der Waals surface area (Å²) in [4.78, 5) is 5.56. The molecule has 1 aromatic rings. The Labute approximate surface area is 112 Å². The second kappa shape index (κ2) is 4.69. The molecule has 102 valence electrons. The highest BCUT2D eigenvalue weighted by Gasteiger charge is 2.49. The standard InChI is InChI=1S/C11H10F3N3OS/c1-17-9(16-18-10(17)11(12,13)14)7-4-2-6(3-5-7)8(15)19/h2-5,10H,1H3,(H2,15,19). The lowest BCUT2D eigenvalue weighted by Gasteiger charge is -2.22. The molecule has 0 bridgehead atoms. The number of hydrogen-bond donors (Lipinski definition) is 1. The van der Waals surface area contributed by atoms with Crippen LogP contribution < -0.4 is 5.73 Å². The molecule has 1 aromatic carbocycles. The Balaban J connectivity index is 2.22. The summed E-state index contributed by atoms with van der Waals surface area (Å²) in [5.41, 5.74) is 6.57. The third-order valence-electron chi connectivity index (χ3n) is 2.63. The van der Waals surface area contributed by atoms with Crippen molar-refractivity contribution in [1.82, 2.24) is 4.90 Å². The van der Waals surface area contributed by atoms with Crippen LogP contribution in [0.2, 0.25) is 0 Å². The number of hydrogen-bond acceptors (Lipinski definition) is 4. The first-order valence-corrected chi connectivity index (χ1v) is 5.65. The number of thiocarbonyl (C=S) groups is 1. The van der Waals surface area contributed by atoms with Crippen LogP contribution in [-0.2, 0) is 4.84 Å². The van der Waals surface area contributed by atoms with E-state index in [4.69, 9.17) is 18.0 Å². The van der Waals surface area contributed by atoms with E-state index < -0.39 is 12.4 Å². The molecule has 0 fully saturated rings. The van der Waals surface area contributed by atoms with Gasteiger partial charge in [0.2, 0.25) is 0 Å². The number of amidine groups is 1. The molecule has 1 aliphatic heterocycles. The van der Waals surface area contributed by atoms with Crippen LogP contribution in [0.3, 0.4) is 0 Å². The van der Waals surface area contributed by atoms with Gasteiger partial charge in [-0.05, 0) is 0 Å². The Bertz CT molecular complexity index is 527. The van der Waals surface area contributed by atoms with Gasteiger partial charge in [-0.3, -0.25) is 0 Å². The van der Waals surface area contributed by atoms with Crippen LogP contribution >= 0.6 is 12.2 Å². The molecule has 0 radical (unpaired) electrons. The average molecular weight is 289 g/mol. The van der Waals surface area contributed by atoms with Crippen LogP contribution in [0, 0.1) is 0 Å². The lowest BCUT2D eigenvalue weighted by molar-refractivity contribution is -0.241. The van der Waals surface area contributed by atoms with Gasteiger partial charge < -0.3 is 15.5 Å². The maximum absolute atomic E-state index is 12.6. The zero-order valence-electron chi connectivity index (χ0n) is 9.81. The molecular formula is C11H10F3N3OS. The van der Waals surface area contributed by atoms with E-state index in [1.165, 1.54) is 7.05 Å². The SMILES string of the molecule is CN1C(c2ccc(C(N)=S)cc2)=NOC1C(F)(F)F. The number of rotatable bonds is 2.